The molecule has 0 fully saturated rings. The van der Waals surface area contributed by atoms with Crippen LogP contribution in [0, 0.1) is 0 Å². The molecule has 0 aliphatic rings. The first kappa shape index (κ1) is 16.9. The van der Waals surface area contributed by atoms with Gasteiger partial charge in [-0.05, 0) is 18.2 Å². The summed E-state index contributed by atoms with van der Waals surface area (Å²) in [6.07, 6.45) is 4.74. The van der Waals surface area contributed by atoms with Gasteiger partial charge in [0.1, 0.15) is 4.88 Å². The molecule has 1 amide bonds. The Morgan fingerprint density at radius 3 is 2.67 bits per heavy atom. The Labute approximate surface area is 157 Å². The monoisotopic (exact) mass is 378 g/mol. The molecule has 0 saturated carbocycles. The molecule has 2 N–H and O–H groups in total. The Balaban J connectivity index is 1.66. The van der Waals surface area contributed by atoms with Gasteiger partial charge in [0, 0.05) is 23.3 Å². The lowest BCUT2D eigenvalue weighted by molar-refractivity contribution is 0.0701. The van der Waals surface area contributed by atoms with Crippen molar-refractivity contribution in [3.8, 4) is 0 Å². The van der Waals surface area contributed by atoms with Gasteiger partial charge in [0.25, 0.3) is 5.91 Å². The number of benzene rings is 1. The average Bonchev–Trinajstić information content (AvgIpc) is 3.28. The van der Waals surface area contributed by atoms with Gasteiger partial charge in [-0.25, -0.2) is 9.78 Å². The first-order valence-corrected chi connectivity index (χ1v) is 8.92. The highest BCUT2D eigenvalue weighted by Crippen LogP contribution is 2.24. The van der Waals surface area contributed by atoms with Gasteiger partial charge in [-0.2, -0.15) is 0 Å². The maximum Gasteiger partial charge on any atom is 0.347 e. The zero-order valence-electron chi connectivity index (χ0n) is 14.0. The van der Waals surface area contributed by atoms with Gasteiger partial charge in [0.2, 0.25) is 0 Å². The van der Waals surface area contributed by atoms with Gasteiger partial charge < -0.3 is 9.67 Å². The molecule has 0 aliphatic heterocycles. The van der Waals surface area contributed by atoms with Crippen LogP contribution in [-0.4, -0.2) is 31.5 Å². The molecule has 0 bridgehead atoms. The summed E-state index contributed by atoms with van der Waals surface area (Å²) < 4.78 is 1.97. The number of nitrogens with one attached hydrogen (secondary N) is 1. The summed E-state index contributed by atoms with van der Waals surface area (Å²) in [6.45, 7) is 0.537. The lowest BCUT2D eigenvalue weighted by Crippen LogP contribution is -2.11. The molecular formula is C19H14N4O3S. The topological polar surface area (TPSA) is 97.1 Å². The van der Waals surface area contributed by atoms with E-state index < -0.39 is 5.97 Å². The van der Waals surface area contributed by atoms with Crippen molar-refractivity contribution in [1.82, 2.24) is 14.5 Å². The number of hydrogen-bond acceptors (Lipinski definition) is 5. The largest absolute Gasteiger partial charge is 0.477 e. The molecule has 0 aliphatic carbocycles. The predicted molar refractivity (Wildman–Crippen MR) is 102 cm³/mol. The number of carbonyl (C=O) groups is 2. The Kier molecular flexibility index (Phi) is 4.39. The third-order valence-electron chi connectivity index (χ3n) is 4.03. The van der Waals surface area contributed by atoms with E-state index in [4.69, 9.17) is 5.11 Å². The standard InChI is InChI=1S/C19H14N4O3S/c24-17(22-19-21-9-16(27-19)18(25)26)14-11-23(10-12-5-3-4-8-20-12)15-7-2-1-6-13(14)15/h1-9,11H,10H2,(H,25,26)(H,21,22,24). The fourth-order valence-electron chi connectivity index (χ4n) is 2.82. The first-order chi connectivity index (χ1) is 13.1. The van der Waals surface area contributed by atoms with Gasteiger partial charge >= 0.3 is 5.97 Å². The number of para-hydroxylation sites is 1. The summed E-state index contributed by atoms with van der Waals surface area (Å²) in [4.78, 5) is 32.1. The number of fused-ring (bicyclic) bond motifs is 1. The number of carboxylic acid groups (broad SMARTS) is 1. The number of aromatic nitrogens is 3. The number of hydrogen-bond donors (Lipinski definition) is 2. The molecule has 4 aromatic rings. The lowest BCUT2D eigenvalue weighted by Gasteiger charge is -2.04. The van der Waals surface area contributed by atoms with Crippen LogP contribution in [0.4, 0.5) is 5.13 Å². The number of thiazole rings is 1. The Hall–Kier alpha value is -3.52. The second kappa shape index (κ2) is 7.00. The first-order valence-electron chi connectivity index (χ1n) is 8.10. The maximum absolute atomic E-state index is 12.8. The Morgan fingerprint density at radius 2 is 1.93 bits per heavy atom. The third kappa shape index (κ3) is 3.42. The molecule has 4 rings (SSSR count). The number of aromatic carboxylic acids is 1. The van der Waals surface area contributed by atoms with E-state index in [1.165, 1.54) is 6.20 Å². The van der Waals surface area contributed by atoms with Crippen LogP contribution in [0.15, 0.2) is 61.1 Å². The molecule has 0 saturated heterocycles. The second-order valence-electron chi connectivity index (χ2n) is 5.80. The highest BCUT2D eigenvalue weighted by Gasteiger charge is 2.17. The minimum Gasteiger partial charge on any atom is -0.477 e. The predicted octanol–water partition coefficient (Wildman–Crippen LogP) is 3.49. The van der Waals surface area contributed by atoms with Crippen LogP contribution in [0.5, 0.6) is 0 Å². The number of anilines is 1. The fraction of sp³-hybridized carbons (Fsp3) is 0.0526. The molecule has 8 heteroatoms. The van der Waals surface area contributed by atoms with Crippen LogP contribution in [0.3, 0.4) is 0 Å². The smallest absolute Gasteiger partial charge is 0.347 e. The van der Waals surface area contributed by atoms with Crippen LogP contribution >= 0.6 is 11.3 Å². The molecule has 3 aromatic heterocycles. The highest BCUT2D eigenvalue weighted by molar-refractivity contribution is 7.17. The van der Waals surface area contributed by atoms with Crippen molar-refractivity contribution in [2.45, 2.75) is 6.54 Å². The van der Waals surface area contributed by atoms with Crippen LogP contribution in [-0.2, 0) is 6.54 Å². The zero-order valence-corrected chi connectivity index (χ0v) is 14.8. The van der Waals surface area contributed by atoms with E-state index in [2.05, 4.69) is 15.3 Å². The summed E-state index contributed by atoms with van der Waals surface area (Å²) in [6, 6.07) is 13.3. The van der Waals surface area contributed by atoms with E-state index in [-0.39, 0.29) is 15.9 Å². The van der Waals surface area contributed by atoms with Crippen molar-refractivity contribution in [3.63, 3.8) is 0 Å². The van der Waals surface area contributed by atoms with E-state index in [0.29, 0.717) is 12.1 Å². The van der Waals surface area contributed by atoms with Crippen LogP contribution in [0.2, 0.25) is 0 Å². The van der Waals surface area contributed by atoms with Gasteiger partial charge in [-0.15, -0.1) is 0 Å². The van der Waals surface area contributed by atoms with E-state index in [0.717, 1.165) is 27.9 Å². The van der Waals surface area contributed by atoms with E-state index >= 15 is 0 Å². The van der Waals surface area contributed by atoms with Crippen molar-refractivity contribution in [2.24, 2.45) is 0 Å². The van der Waals surface area contributed by atoms with Crippen LogP contribution < -0.4 is 5.32 Å². The van der Waals surface area contributed by atoms with Crippen molar-refractivity contribution in [3.05, 3.63) is 77.2 Å². The maximum atomic E-state index is 12.8. The average molecular weight is 378 g/mol. The van der Waals surface area contributed by atoms with Gasteiger partial charge in [0.05, 0.1) is 24.0 Å². The lowest BCUT2D eigenvalue weighted by atomic mass is 10.1. The molecule has 0 spiro atoms. The SMILES string of the molecule is O=C(O)c1cnc(NC(=O)c2cn(Cc3ccccn3)c3ccccc23)s1. The summed E-state index contributed by atoms with van der Waals surface area (Å²) >= 11 is 0.919. The molecule has 0 atom stereocenters. The Morgan fingerprint density at radius 1 is 1.11 bits per heavy atom. The fourth-order valence-corrected chi connectivity index (χ4v) is 3.47. The van der Waals surface area contributed by atoms with Gasteiger partial charge in [-0.1, -0.05) is 35.6 Å². The normalized spacial score (nSPS) is 10.8. The number of carboxylic acids is 1. The summed E-state index contributed by atoms with van der Waals surface area (Å²) in [5.41, 5.74) is 2.29. The zero-order chi connectivity index (χ0) is 18.8. The van der Waals surface area contributed by atoms with Crippen molar-refractivity contribution in [2.75, 3.05) is 5.32 Å². The molecule has 134 valence electrons. The van der Waals surface area contributed by atoms with Gasteiger partial charge in [0.15, 0.2) is 5.13 Å². The number of nitrogens with zero attached hydrogens (tertiary/aromatic N) is 3. The molecule has 27 heavy (non-hydrogen) atoms. The molecule has 3 heterocycles. The third-order valence-corrected chi connectivity index (χ3v) is 4.93. The van der Waals surface area contributed by atoms with E-state index in [1.54, 1.807) is 12.4 Å². The van der Waals surface area contributed by atoms with Crippen molar-refractivity contribution < 1.29 is 14.7 Å². The summed E-state index contributed by atoms with van der Waals surface area (Å²) in [5.74, 6) is -1.41. The second-order valence-corrected chi connectivity index (χ2v) is 6.83. The number of amides is 1. The molecular weight excluding hydrogens is 364 g/mol. The number of rotatable bonds is 5. The summed E-state index contributed by atoms with van der Waals surface area (Å²) in [7, 11) is 0. The molecule has 0 unspecified atom stereocenters. The molecule has 1 aromatic carbocycles. The minimum absolute atomic E-state index is 0.0721. The summed E-state index contributed by atoms with van der Waals surface area (Å²) in [5, 5.41) is 12.7. The Bertz CT molecular complexity index is 1130. The van der Waals surface area contributed by atoms with E-state index in [9.17, 15) is 9.59 Å². The van der Waals surface area contributed by atoms with Crippen molar-refractivity contribution in [1.29, 1.82) is 0 Å². The minimum atomic E-state index is -1.07. The van der Waals surface area contributed by atoms with Crippen molar-refractivity contribution >= 4 is 39.2 Å². The van der Waals surface area contributed by atoms with Crippen LogP contribution in [0.1, 0.15) is 25.7 Å². The van der Waals surface area contributed by atoms with E-state index in [1.807, 2.05) is 47.0 Å². The van der Waals surface area contributed by atoms with Gasteiger partial charge in [-0.3, -0.25) is 15.1 Å². The highest BCUT2D eigenvalue weighted by atomic mass is 32.1. The number of carbonyl (C=O) groups excluding carboxylic acids is 1. The number of pyridine rings is 1. The van der Waals surface area contributed by atoms with Crippen LogP contribution in [0.25, 0.3) is 10.9 Å². The quantitative estimate of drug-likeness (QED) is 0.554. The molecule has 7 nitrogen and oxygen atoms in total. The molecule has 0 radical (unpaired) electrons.